The van der Waals surface area contributed by atoms with E-state index in [-0.39, 0.29) is 30.0 Å². The second-order valence-corrected chi connectivity index (χ2v) is 7.08. The van der Waals surface area contributed by atoms with Gasteiger partial charge in [-0.25, -0.2) is 18.0 Å². The summed E-state index contributed by atoms with van der Waals surface area (Å²) in [5, 5.41) is 8.05. The monoisotopic (exact) mass is 449 g/mol. The standard InChI is InChI=1S/C18H17F6N5O2/c1-8-6-29-14(11(5-25-29)16(30)26-9(2)18(22,23)24)7-28(8)17(31)27-10-3-12(19)15(21)13(20)4-10/h3-5,8-9H,6-7H2,1-2H3,(H,26,30)(H,27,31)/t8-,9+/m0/s1. The van der Waals surface area contributed by atoms with Crippen molar-refractivity contribution >= 4 is 17.6 Å². The summed E-state index contributed by atoms with van der Waals surface area (Å²) in [6, 6.07) is -2.17. The van der Waals surface area contributed by atoms with E-state index in [0.717, 1.165) is 13.1 Å². The molecule has 1 aliphatic rings. The number of urea groups is 1. The van der Waals surface area contributed by atoms with Crippen LogP contribution in [-0.4, -0.2) is 44.9 Å². The Balaban J connectivity index is 1.78. The van der Waals surface area contributed by atoms with E-state index in [0.29, 0.717) is 12.1 Å². The fourth-order valence-corrected chi connectivity index (χ4v) is 3.04. The molecule has 0 radical (unpaired) electrons. The first-order valence-electron chi connectivity index (χ1n) is 9.03. The maximum Gasteiger partial charge on any atom is 0.408 e. The van der Waals surface area contributed by atoms with Crippen molar-refractivity contribution in [3.8, 4) is 0 Å². The summed E-state index contributed by atoms with van der Waals surface area (Å²) < 4.78 is 79.4. The molecule has 2 aromatic rings. The van der Waals surface area contributed by atoms with Crippen molar-refractivity contribution in [2.45, 2.75) is 45.2 Å². The molecule has 0 spiro atoms. The molecular weight excluding hydrogens is 432 g/mol. The van der Waals surface area contributed by atoms with Gasteiger partial charge in [-0.05, 0) is 13.8 Å². The highest BCUT2D eigenvalue weighted by molar-refractivity contribution is 5.96. The number of nitrogens with zero attached hydrogens (tertiary/aromatic N) is 3. The van der Waals surface area contributed by atoms with Crippen molar-refractivity contribution in [2.75, 3.05) is 5.32 Å². The zero-order chi connectivity index (χ0) is 23.1. The van der Waals surface area contributed by atoms with E-state index in [1.54, 1.807) is 6.92 Å². The lowest BCUT2D eigenvalue weighted by Gasteiger charge is -2.34. The van der Waals surface area contributed by atoms with Gasteiger partial charge in [-0.2, -0.15) is 18.3 Å². The number of alkyl halides is 3. The summed E-state index contributed by atoms with van der Waals surface area (Å²) in [4.78, 5) is 26.1. The Bertz CT molecular complexity index is 998. The van der Waals surface area contributed by atoms with Crippen LogP contribution in [0.2, 0.25) is 0 Å². The Morgan fingerprint density at radius 1 is 1.19 bits per heavy atom. The third kappa shape index (κ3) is 4.59. The van der Waals surface area contributed by atoms with Crippen LogP contribution in [0.4, 0.5) is 36.8 Å². The van der Waals surface area contributed by atoms with Crippen LogP contribution in [0, 0.1) is 17.5 Å². The topological polar surface area (TPSA) is 79.3 Å². The molecule has 3 rings (SSSR count). The predicted molar refractivity (Wildman–Crippen MR) is 95.5 cm³/mol. The van der Waals surface area contributed by atoms with Crippen LogP contribution in [0.3, 0.4) is 0 Å². The number of hydrogen-bond acceptors (Lipinski definition) is 3. The molecule has 0 aliphatic carbocycles. The van der Waals surface area contributed by atoms with Gasteiger partial charge in [0.15, 0.2) is 17.5 Å². The van der Waals surface area contributed by atoms with E-state index in [1.165, 1.54) is 9.58 Å². The van der Waals surface area contributed by atoms with E-state index in [2.05, 4.69) is 10.4 Å². The van der Waals surface area contributed by atoms with Gasteiger partial charge in [0.2, 0.25) is 0 Å². The smallest absolute Gasteiger partial charge is 0.340 e. The van der Waals surface area contributed by atoms with E-state index in [9.17, 15) is 35.9 Å². The summed E-state index contributed by atoms with van der Waals surface area (Å²) in [5.74, 6) is -5.67. The molecule has 31 heavy (non-hydrogen) atoms. The number of amides is 3. The molecule has 2 atom stereocenters. The fraction of sp³-hybridized carbons (Fsp3) is 0.389. The van der Waals surface area contributed by atoms with Crippen molar-refractivity contribution in [3.05, 3.63) is 47.0 Å². The quantitative estimate of drug-likeness (QED) is 0.557. The molecule has 1 aromatic heterocycles. The number of rotatable bonds is 3. The molecule has 2 heterocycles. The number of nitrogens with one attached hydrogen (secondary N) is 2. The Labute approximate surface area is 172 Å². The number of carbonyl (C=O) groups is 2. The Morgan fingerprint density at radius 2 is 1.81 bits per heavy atom. The van der Waals surface area contributed by atoms with Crippen LogP contribution in [0.1, 0.15) is 29.9 Å². The third-order valence-corrected chi connectivity index (χ3v) is 4.82. The predicted octanol–water partition coefficient (Wildman–Crippen LogP) is 3.42. The van der Waals surface area contributed by atoms with Crippen LogP contribution in [0.25, 0.3) is 0 Å². The molecule has 168 valence electrons. The number of fused-ring (bicyclic) bond motifs is 1. The zero-order valence-electron chi connectivity index (χ0n) is 16.2. The van der Waals surface area contributed by atoms with Gasteiger partial charge in [0.05, 0.1) is 36.6 Å². The summed E-state index contributed by atoms with van der Waals surface area (Å²) in [6.07, 6.45) is -3.53. The average Bonchev–Trinajstić information content (AvgIpc) is 3.07. The molecular formula is C18H17F6N5O2. The van der Waals surface area contributed by atoms with Gasteiger partial charge in [0.1, 0.15) is 6.04 Å². The van der Waals surface area contributed by atoms with Gasteiger partial charge in [0.25, 0.3) is 5.91 Å². The van der Waals surface area contributed by atoms with Gasteiger partial charge in [-0.3, -0.25) is 9.48 Å². The van der Waals surface area contributed by atoms with Gasteiger partial charge in [-0.1, -0.05) is 0 Å². The molecule has 0 bridgehead atoms. The molecule has 3 amide bonds. The lowest BCUT2D eigenvalue weighted by Crippen LogP contribution is -2.48. The fourth-order valence-electron chi connectivity index (χ4n) is 3.04. The van der Waals surface area contributed by atoms with Crippen LogP contribution in [0.5, 0.6) is 0 Å². The Kier molecular flexibility index (Phi) is 5.87. The molecule has 1 aliphatic heterocycles. The highest BCUT2D eigenvalue weighted by Gasteiger charge is 2.38. The first-order valence-corrected chi connectivity index (χ1v) is 9.03. The number of carbonyl (C=O) groups excluding carboxylic acids is 2. The maximum atomic E-state index is 13.4. The first-order chi connectivity index (χ1) is 14.4. The lowest BCUT2D eigenvalue weighted by molar-refractivity contribution is -0.149. The van der Waals surface area contributed by atoms with Crippen molar-refractivity contribution in [1.82, 2.24) is 20.0 Å². The van der Waals surface area contributed by atoms with E-state index in [4.69, 9.17) is 0 Å². The average molecular weight is 449 g/mol. The number of hydrogen-bond donors (Lipinski definition) is 2. The zero-order valence-corrected chi connectivity index (χ0v) is 16.2. The minimum absolute atomic E-state index is 0.122. The van der Waals surface area contributed by atoms with Gasteiger partial charge < -0.3 is 15.5 Å². The van der Waals surface area contributed by atoms with E-state index >= 15 is 0 Å². The van der Waals surface area contributed by atoms with Crippen molar-refractivity contribution in [2.24, 2.45) is 0 Å². The normalized spacial score (nSPS) is 17.2. The maximum absolute atomic E-state index is 13.4. The summed E-state index contributed by atoms with van der Waals surface area (Å²) >= 11 is 0. The van der Waals surface area contributed by atoms with Crippen LogP contribution >= 0.6 is 0 Å². The van der Waals surface area contributed by atoms with Gasteiger partial charge in [0, 0.05) is 17.8 Å². The largest absolute Gasteiger partial charge is 0.408 e. The first kappa shape index (κ1) is 22.4. The van der Waals surface area contributed by atoms with Gasteiger partial charge >= 0.3 is 12.2 Å². The number of anilines is 1. The Hall–Kier alpha value is -3.25. The molecule has 7 nitrogen and oxygen atoms in total. The second kappa shape index (κ2) is 8.12. The van der Waals surface area contributed by atoms with Crippen molar-refractivity contribution in [3.63, 3.8) is 0 Å². The minimum atomic E-state index is -4.64. The SMILES string of the molecule is C[C@H]1Cn2ncc(C(=O)N[C@H](C)C(F)(F)F)c2CN1C(=O)Nc1cc(F)c(F)c(F)c1. The summed E-state index contributed by atoms with van der Waals surface area (Å²) in [7, 11) is 0. The summed E-state index contributed by atoms with van der Waals surface area (Å²) in [6.45, 7) is 2.34. The highest BCUT2D eigenvalue weighted by Crippen LogP contribution is 2.24. The Morgan fingerprint density at radius 3 is 2.39 bits per heavy atom. The molecule has 0 fully saturated rings. The van der Waals surface area contributed by atoms with Crippen molar-refractivity contribution < 1.29 is 35.9 Å². The minimum Gasteiger partial charge on any atom is -0.340 e. The number of aromatic nitrogens is 2. The van der Waals surface area contributed by atoms with Crippen LogP contribution < -0.4 is 10.6 Å². The van der Waals surface area contributed by atoms with Crippen LogP contribution in [-0.2, 0) is 13.1 Å². The van der Waals surface area contributed by atoms with Crippen molar-refractivity contribution in [1.29, 1.82) is 0 Å². The molecule has 0 saturated carbocycles. The second-order valence-electron chi connectivity index (χ2n) is 7.08. The van der Waals surface area contributed by atoms with Gasteiger partial charge in [-0.15, -0.1) is 0 Å². The molecule has 1 aromatic carbocycles. The molecule has 0 saturated heterocycles. The lowest BCUT2D eigenvalue weighted by atomic mass is 10.1. The number of benzene rings is 1. The van der Waals surface area contributed by atoms with E-state index in [1.807, 2.05) is 5.32 Å². The van der Waals surface area contributed by atoms with Crippen LogP contribution in [0.15, 0.2) is 18.3 Å². The number of halogens is 6. The van der Waals surface area contributed by atoms with E-state index < -0.39 is 47.6 Å². The molecule has 2 N–H and O–H groups in total. The highest BCUT2D eigenvalue weighted by atomic mass is 19.4. The molecule has 0 unspecified atom stereocenters. The summed E-state index contributed by atoms with van der Waals surface area (Å²) in [5.41, 5.74) is -0.277. The third-order valence-electron chi connectivity index (χ3n) is 4.82. The molecule has 13 heteroatoms.